The fourth-order valence-electron chi connectivity index (χ4n) is 2.16. The van der Waals surface area contributed by atoms with Crippen molar-refractivity contribution in [3.05, 3.63) is 63.7 Å². The number of aromatic nitrogens is 3. The summed E-state index contributed by atoms with van der Waals surface area (Å²) in [6.07, 6.45) is 0.591. The van der Waals surface area contributed by atoms with Gasteiger partial charge in [-0.2, -0.15) is 4.98 Å². The summed E-state index contributed by atoms with van der Waals surface area (Å²) in [5.74, 6) is 1.14. The third-order valence-electron chi connectivity index (χ3n) is 3.20. The molecule has 5 nitrogen and oxygen atoms in total. The fraction of sp³-hybridized carbons (Fsp3) is 0.267. The Labute approximate surface area is 126 Å². The van der Waals surface area contributed by atoms with Crippen LogP contribution in [0.3, 0.4) is 0 Å². The molecule has 0 aliphatic heterocycles. The van der Waals surface area contributed by atoms with Gasteiger partial charge in [-0.3, -0.25) is 0 Å². The minimum absolute atomic E-state index is 0.0644. The second-order valence-corrected chi connectivity index (χ2v) is 5.75. The number of rotatable bonds is 5. The smallest absolute Gasteiger partial charge is 0.235 e. The molecule has 0 amide bonds. The van der Waals surface area contributed by atoms with Crippen molar-refractivity contribution in [2.24, 2.45) is 5.73 Å². The average molecular weight is 300 g/mol. The average Bonchev–Trinajstić information content (AvgIpc) is 3.11. The van der Waals surface area contributed by atoms with Crippen LogP contribution in [0.15, 0.2) is 40.2 Å². The van der Waals surface area contributed by atoms with Crippen LogP contribution in [-0.2, 0) is 6.42 Å². The summed E-state index contributed by atoms with van der Waals surface area (Å²) in [6.45, 7) is 2.41. The molecule has 3 aromatic rings. The van der Waals surface area contributed by atoms with Crippen LogP contribution >= 0.6 is 11.3 Å². The standard InChI is InChI=1S/C15H16N4OS/c1-10-9-21-14(17-10)7-13-18-15(20-19-13)12(8-16)11-5-3-2-4-6-11/h2-6,9,12H,7-8,16H2,1H3. The van der Waals surface area contributed by atoms with Crippen molar-refractivity contribution >= 4 is 11.3 Å². The molecule has 0 radical (unpaired) electrons. The molecule has 2 heterocycles. The zero-order valence-electron chi connectivity index (χ0n) is 11.7. The van der Waals surface area contributed by atoms with Gasteiger partial charge in [0.05, 0.1) is 12.3 Å². The van der Waals surface area contributed by atoms with Gasteiger partial charge in [-0.1, -0.05) is 35.5 Å². The maximum absolute atomic E-state index is 5.86. The molecule has 0 saturated heterocycles. The van der Waals surface area contributed by atoms with E-state index in [9.17, 15) is 0 Å². The summed E-state index contributed by atoms with van der Waals surface area (Å²) in [4.78, 5) is 8.88. The monoisotopic (exact) mass is 300 g/mol. The Morgan fingerprint density at radius 3 is 2.71 bits per heavy atom. The van der Waals surface area contributed by atoms with Gasteiger partial charge in [-0.05, 0) is 12.5 Å². The lowest BCUT2D eigenvalue weighted by molar-refractivity contribution is 0.362. The topological polar surface area (TPSA) is 77.8 Å². The first kappa shape index (κ1) is 13.9. The number of aryl methyl sites for hydroxylation is 1. The van der Waals surface area contributed by atoms with Crippen molar-refractivity contribution in [2.75, 3.05) is 6.54 Å². The van der Waals surface area contributed by atoms with Crippen LogP contribution in [0.25, 0.3) is 0 Å². The SMILES string of the molecule is Cc1csc(Cc2noc(C(CN)c3ccccc3)n2)n1. The van der Waals surface area contributed by atoms with E-state index in [1.807, 2.05) is 42.6 Å². The van der Waals surface area contributed by atoms with E-state index in [0.717, 1.165) is 16.3 Å². The summed E-state index contributed by atoms with van der Waals surface area (Å²) in [6, 6.07) is 9.97. The van der Waals surface area contributed by atoms with E-state index in [4.69, 9.17) is 10.3 Å². The highest BCUT2D eigenvalue weighted by Crippen LogP contribution is 2.22. The number of nitrogens with two attached hydrogens (primary N) is 1. The molecule has 2 N–H and O–H groups in total. The van der Waals surface area contributed by atoms with Crippen molar-refractivity contribution in [2.45, 2.75) is 19.3 Å². The van der Waals surface area contributed by atoms with E-state index in [-0.39, 0.29) is 5.92 Å². The lowest BCUT2D eigenvalue weighted by atomic mass is 9.99. The molecule has 1 unspecified atom stereocenters. The van der Waals surface area contributed by atoms with Gasteiger partial charge in [0.2, 0.25) is 5.89 Å². The van der Waals surface area contributed by atoms with E-state index in [1.165, 1.54) is 0 Å². The van der Waals surface area contributed by atoms with E-state index in [1.54, 1.807) is 11.3 Å². The second-order valence-electron chi connectivity index (χ2n) is 4.81. The molecule has 108 valence electrons. The molecule has 0 aliphatic carbocycles. The van der Waals surface area contributed by atoms with Crippen LogP contribution in [0.2, 0.25) is 0 Å². The van der Waals surface area contributed by atoms with Gasteiger partial charge in [0, 0.05) is 17.6 Å². The zero-order chi connectivity index (χ0) is 14.7. The molecule has 6 heteroatoms. The molecule has 21 heavy (non-hydrogen) atoms. The second kappa shape index (κ2) is 6.15. The van der Waals surface area contributed by atoms with E-state index >= 15 is 0 Å². The number of thiazole rings is 1. The Morgan fingerprint density at radius 1 is 1.24 bits per heavy atom. The van der Waals surface area contributed by atoms with E-state index in [0.29, 0.717) is 24.7 Å². The highest BCUT2D eigenvalue weighted by Gasteiger charge is 2.19. The number of hydrogen-bond acceptors (Lipinski definition) is 6. The maximum Gasteiger partial charge on any atom is 0.235 e. The normalized spacial score (nSPS) is 12.5. The zero-order valence-corrected chi connectivity index (χ0v) is 12.5. The Balaban J connectivity index is 1.80. The molecule has 1 aromatic carbocycles. The highest BCUT2D eigenvalue weighted by molar-refractivity contribution is 7.09. The lowest BCUT2D eigenvalue weighted by Gasteiger charge is -2.09. The summed E-state index contributed by atoms with van der Waals surface area (Å²) in [5.41, 5.74) is 7.96. The summed E-state index contributed by atoms with van der Waals surface area (Å²) >= 11 is 1.61. The van der Waals surface area contributed by atoms with Gasteiger partial charge in [0.25, 0.3) is 0 Å². The van der Waals surface area contributed by atoms with Crippen molar-refractivity contribution in [1.82, 2.24) is 15.1 Å². The first-order valence-electron chi connectivity index (χ1n) is 6.74. The minimum Gasteiger partial charge on any atom is -0.339 e. The van der Waals surface area contributed by atoms with Gasteiger partial charge in [0.15, 0.2) is 5.82 Å². The van der Waals surface area contributed by atoms with Crippen LogP contribution < -0.4 is 5.73 Å². The highest BCUT2D eigenvalue weighted by atomic mass is 32.1. The molecule has 0 spiro atoms. The molecule has 0 aliphatic rings. The maximum atomic E-state index is 5.86. The van der Waals surface area contributed by atoms with Gasteiger partial charge in [0.1, 0.15) is 5.01 Å². The third kappa shape index (κ3) is 3.17. The molecular formula is C15H16N4OS. The predicted octanol–water partition coefficient (Wildman–Crippen LogP) is 2.52. The van der Waals surface area contributed by atoms with Crippen LogP contribution in [0.1, 0.15) is 33.9 Å². The summed E-state index contributed by atoms with van der Waals surface area (Å²) in [7, 11) is 0. The predicted molar refractivity (Wildman–Crippen MR) is 81.3 cm³/mol. The molecule has 3 rings (SSSR count). The minimum atomic E-state index is -0.0644. The van der Waals surface area contributed by atoms with Crippen molar-refractivity contribution in [3.63, 3.8) is 0 Å². The number of benzene rings is 1. The molecule has 2 aromatic heterocycles. The van der Waals surface area contributed by atoms with Crippen LogP contribution in [0.4, 0.5) is 0 Å². The van der Waals surface area contributed by atoms with Gasteiger partial charge < -0.3 is 10.3 Å². The van der Waals surface area contributed by atoms with Crippen LogP contribution in [-0.4, -0.2) is 21.7 Å². The number of nitrogens with zero attached hydrogens (tertiary/aromatic N) is 3. The largest absolute Gasteiger partial charge is 0.339 e. The first-order valence-corrected chi connectivity index (χ1v) is 7.62. The van der Waals surface area contributed by atoms with Crippen molar-refractivity contribution in [3.8, 4) is 0 Å². The first-order chi connectivity index (χ1) is 10.3. The van der Waals surface area contributed by atoms with Crippen molar-refractivity contribution in [1.29, 1.82) is 0 Å². The van der Waals surface area contributed by atoms with Gasteiger partial charge in [-0.15, -0.1) is 11.3 Å². The Bertz CT molecular complexity index is 707. The van der Waals surface area contributed by atoms with Gasteiger partial charge >= 0.3 is 0 Å². The van der Waals surface area contributed by atoms with Crippen LogP contribution in [0.5, 0.6) is 0 Å². The lowest BCUT2D eigenvalue weighted by Crippen LogP contribution is -2.14. The Kier molecular flexibility index (Phi) is 4.08. The summed E-state index contributed by atoms with van der Waals surface area (Å²) < 4.78 is 5.39. The molecular weight excluding hydrogens is 284 g/mol. The fourth-order valence-corrected chi connectivity index (χ4v) is 2.93. The quantitative estimate of drug-likeness (QED) is 0.783. The third-order valence-corrected chi connectivity index (χ3v) is 4.16. The molecule has 0 fully saturated rings. The van der Waals surface area contributed by atoms with E-state index < -0.39 is 0 Å². The summed E-state index contributed by atoms with van der Waals surface area (Å²) in [5, 5.41) is 7.05. The Morgan fingerprint density at radius 2 is 2.05 bits per heavy atom. The molecule has 0 saturated carbocycles. The number of hydrogen-bond donors (Lipinski definition) is 1. The van der Waals surface area contributed by atoms with E-state index in [2.05, 4.69) is 15.1 Å². The van der Waals surface area contributed by atoms with Gasteiger partial charge in [-0.25, -0.2) is 4.98 Å². The molecule has 1 atom stereocenters. The molecule has 0 bridgehead atoms. The van der Waals surface area contributed by atoms with Crippen molar-refractivity contribution < 1.29 is 4.52 Å². The van der Waals surface area contributed by atoms with Crippen LogP contribution in [0, 0.1) is 6.92 Å². The Hall–Kier alpha value is -2.05.